The van der Waals surface area contributed by atoms with Gasteiger partial charge in [-0.25, -0.2) is 0 Å². The predicted octanol–water partition coefficient (Wildman–Crippen LogP) is 4.56. The molecule has 2 rings (SSSR count). The van der Waals surface area contributed by atoms with Gasteiger partial charge in [0.1, 0.15) is 0 Å². The fourth-order valence-electron chi connectivity index (χ4n) is 2.02. The van der Waals surface area contributed by atoms with Crippen LogP contribution in [0.3, 0.4) is 0 Å². The van der Waals surface area contributed by atoms with Gasteiger partial charge in [0.2, 0.25) is 0 Å². The molecule has 0 aliphatic carbocycles. The summed E-state index contributed by atoms with van der Waals surface area (Å²) in [5, 5.41) is 3.52. The lowest BCUT2D eigenvalue weighted by molar-refractivity contribution is 0.508. The maximum absolute atomic E-state index is 5.34. The first-order chi connectivity index (χ1) is 8.74. The molecular formula is C14H18BrNOS. The Balaban J connectivity index is 2.13. The summed E-state index contributed by atoms with van der Waals surface area (Å²) >= 11 is 5.37. The molecule has 0 aromatic carbocycles. The standard InChI is InChI=1S/C14H18BrNOS/c1-3-10-5-6-11(18-10)9-13(16-4-2)12-7-8-17-14(12)15/h5-8,13,16H,3-4,9H2,1-2H3. The van der Waals surface area contributed by atoms with Crippen molar-refractivity contribution in [1.82, 2.24) is 5.32 Å². The number of thiophene rings is 1. The van der Waals surface area contributed by atoms with Crippen molar-refractivity contribution in [2.24, 2.45) is 0 Å². The number of furan rings is 1. The van der Waals surface area contributed by atoms with Crippen LogP contribution in [0.5, 0.6) is 0 Å². The average Bonchev–Trinajstić information content (AvgIpc) is 2.97. The summed E-state index contributed by atoms with van der Waals surface area (Å²) in [6, 6.07) is 6.81. The van der Waals surface area contributed by atoms with Gasteiger partial charge in [-0.2, -0.15) is 0 Å². The Hall–Kier alpha value is -0.580. The maximum Gasteiger partial charge on any atom is 0.173 e. The van der Waals surface area contributed by atoms with Crippen LogP contribution in [0.25, 0.3) is 0 Å². The third-order valence-corrected chi connectivity index (χ3v) is 4.84. The Morgan fingerprint density at radius 1 is 1.28 bits per heavy atom. The molecule has 0 spiro atoms. The zero-order valence-corrected chi connectivity index (χ0v) is 13.1. The highest BCUT2D eigenvalue weighted by atomic mass is 79.9. The van der Waals surface area contributed by atoms with Crippen molar-refractivity contribution in [2.45, 2.75) is 32.7 Å². The largest absolute Gasteiger partial charge is 0.457 e. The molecule has 2 heterocycles. The van der Waals surface area contributed by atoms with Crippen molar-refractivity contribution in [2.75, 3.05) is 6.54 Å². The Labute approximate surface area is 121 Å². The van der Waals surface area contributed by atoms with Crippen molar-refractivity contribution < 1.29 is 4.42 Å². The number of halogens is 1. The molecule has 1 N–H and O–H groups in total. The second-order valence-electron chi connectivity index (χ2n) is 4.19. The number of hydrogen-bond acceptors (Lipinski definition) is 3. The molecule has 1 atom stereocenters. The minimum Gasteiger partial charge on any atom is -0.457 e. The third-order valence-electron chi connectivity index (χ3n) is 2.94. The molecule has 2 aromatic rings. The van der Waals surface area contributed by atoms with E-state index >= 15 is 0 Å². The number of nitrogens with one attached hydrogen (secondary N) is 1. The molecule has 18 heavy (non-hydrogen) atoms. The first-order valence-electron chi connectivity index (χ1n) is 6.28. The minimum atomic E-state index is 0.312. The van der Waals surface area contributed by atoms with Crippen molar-refractivity contribution in [1.29, 1.82) is 0 Å². The number of rotatable bonds is 6. The van der Waals surface area contributed by atoms with Crippen molar-refractivity contribution in [3.63, 3.8) is 0 Å². The molecule has 0 saturated heterocycles. The lowest BCUT2D eigenvalue weighted by Crippen LogP contribution is -2.22. The monoisotopic (exact) mass is 327 g/mol. The lowest BCUT2D eigenvalue weighted by atomic mass is 10.1. The molecule has 2 aromatic heterocycles. The van der Waals surface area contributed by atoms with Gasteiger partial charge in [0.05, 0.1) is 6.26 Å². The molecule has 0 radical (unpaired) electrons. The molecular weight excluding hydrogens is 310 g/mol. The van der Waals surface area contributed by atoms with Crippen LogP contribution in [0.4, 0.5) is 0 Å². The predicted molar refractivity (Wildman–Crippen MR) is 80.2 cm³/mol. The summed E-state index contributed by atoms with van der Waals surface area (Å²) in [5.41, 5.74) is 1.20. The molecule has 2 nitrogen and oxygen atoms in total. The van der Waals surface area contributed by atoms with Crippen LogP contribution in [0.1, 0.15) is 35.2 Å². The van der Waals surface area contributed by atoms with Gasteiger partial charge in [-0.3, -0.25) is 0 Å². The van der Waals surface area contributed by atoms with Gasteiger partial charge in [-0.1, -0.05) is 13.8 Å². The van der Waals surface area contributed by atoms with E-state index in [1.54, 1.807) is 6.26 Å². The molecule has 0 bridgehead atoms. The summed E-state index contributed by atoms with van der Waals surface area (Å²) in [5.74, 6) is 0. The van der Waals surface area contributed by atoms with Crippen LogP contribution >= 0.6 is 27.3 Å². The SMILES string of the molecule is CCNC(Cc1ccc(CC)s1)c1ccoc1Br. The van der Waals surface area contributed by atoms with E-state index < -0.39 is 0 Å². The summed E-state index contributed by atoms with van der Waals surface area (Å²) in [6.07, 6.45) is 3.86. The average molecular weight is 328 g/mol. The zero-order chi connectivity index (χ0) is 13.0. The Kier molecular flexibility index (Phi) is 5.03. The zero-order valence-electron chi connectivity index (χ0n) is 10.7. The van der Waals surface area contributed by atoms with Gasteiger partial charge in [0, 0.05) is 27.8 Å². The highest BCUT2D eigenvalue weighted by Gasteiger charge is 2.17. The molecule has 1 unspecified atom stereocenters. The van der Waals surface area contributed by atoms with E-state index in [2.05, 4.69) is 47.2 Å². The van der Waals surface area contributed by atoms with E-state index in [9.17, 15) is 0 Å². The van der Waals surface area contributed by atoms with Crippen molar-refractivity contribution >= 4 is 27.3 Å². The van der Waals surface area contributed by atoms with E-state index in [0.717, 1.165) is 24.1 Å². The number of hydrogen-bond donors (Lipinski definition) is 1. The lowest BCUT2D eigenvalue weighted by Gasteiger charge is -2.16. The summed E-state index contributed by atoms with van der Waals surface area (Å²) in [4.78, 5) is 2.87. The van der Waals surface area contributed by atoms with Crippen LogP contribution in [0, 0.1) is 0 Å². The van der Waals surface area contributed by atoms with Gasteiger partial charge in [0.15, 0.2) is 4.67 Å². The van der Waals surface area contributed by atoms with Gasteiger partial charge in [-0.15, -0.1) is 11.3 Å². The second-order valence-corrected chi connectivity index (χ2v) is 6.16. The van der Waals surface area contributed by atoms with E-state index in [1.165, 1.54) is 15.3 Å². The summed E-state index contributed by atoms with van der Waals surface area (Å²) < 4.78 is 6.17. The molecule has 98 valence electrons. The number of aryl methyl sites for hydroxylation is 1. The van der Waals surface area contributed by atoms with Crippen molar-refractivity contribution in [3.05, 3.63) is 44.4 Å². The molecule has 0 fully saturated rings. The topological polar surface area (TPSA) is 25.2 Å². The highest BCUT2D eigenvalue weighted by Crippen LogP contribution is 2.29. The molecule has 0 amide bonds. The van der Waals surface area contributed by atoms with Crippen molar-refractivity contribution in [3.8, 4) is 0 Å². The van der Waals surface area contributed by atoms with Gasteiger partial charge in [-0.05, 0) is 47.1 Å². The van der Waals surface area contributed by atoms with E-state index in [1.807, 2.05) is 17.4 Å². The molecule has 4 heteroatoms. The molecule has 0 saturated carbocycles. The van der Waals surface area contributed by atoms with Crippen LogP contribution in [0.15, 0.2) is 33.5 Å². The fraction of sp³-hybridized carbons (Fsp3) is 0.429. The Morgan fingerprint density at radius 3 is 2.61 bits per heavy atom. The first kappa shape index (κ1) is 13.8. The van der Waals surface area contributed by atoms with E-state index in [-0.39, 0.29) is 0 Å². The van der Waals surface area contributed by atoms with Crippen LogP contribution in [-0.4, -0.2) is 6.54 Å². The molecule has 0 aliphatic heterocycles. The van der Waals surface area contributed by atoms with E-state index in [0.29, 0.717) is 6.04 Å². The Morgan fingerprint density at radius 2 is 2.06 bits per heavy atom. The third kappa shape index (κ3) is 3.25. The van der Waals surface area contributed by atoms with Gasteiger partial charge >= 0.3 is 0 Å². The second kappa shape index (κ2) is 6.55. The Bertz CT molecular complexity index is 491. The van der Waals surface area contributed by atoms with Crippen LogP contribution < -0.4 is 5.32 Å². The smallest absolute Gasteiger partial charge is 0.173 e. The normalized spacial score (nSPS) is 12.8. The van der Waals surface area contributed by atoms with Gasteiger partial charge in [0.25, 0.3) is 0 Å². The minimum absolute atomic E-state index is 0.312. The summed E-state index contributed by atoms with van der Waals surface area (Å²) in [7, 11) is 0. The van der Waals surface area contributed by atoms with Crippen LogP contribution in [-0.2, 0) is 12.8 Å². The highest BCUT2D eigenvalue weighted by molar-refractivity contribution is 9.10. The number of likely N-dealkylation sites (N-methyl/N-ethyl adjacent to an activating group) is 1. The molecule has 0 aliphatic rings. The van der Waals surface area contributed by atoms with Crippen LogP contribution in [0.2, 0.25) is 0 Å². The van der Waals surface area contributed by atoms with E-state index in [4.69, 9.17) is 4.42 Å². The summed E-state index contributed by atoms with van der Waals surface area (Å²) in [6.45, 7) is 5.28. The quantitative estimate of drug-likeness (QED) is 0.841. The first-order valence-corrected chi connectivity index (χ1v) is 7.89. The van der Waals surface area contributed by atoms with Gasteiger partial charge < -0.3 is 9.73 Å². The maximum atomic E-state index is 5.34. The fourth-order valence-corrected chi connectivity index (χ4v) is 3.54.